The van der Waals surface area contributed by atoms with Gasteiger partial charge in [0.15, 0.2) is 5.69 Å². The molecule has 8 heteroatoms. The van der Waals surface area contributed by atoms with Crippen LogP contribution in [-0.2, 0) is 11.2 Å². The van der Waals surface area contributed by atoms with Crippen molar-refractivity contribution < 1.29 is 18.7 Å². The van der Waals surface area contributed by atoms with Gasteiger partial charge in [-0.1, -0.05) is 35.5 Å². The van der Waals surface area contributed by atoms with Gasteiger partial charge in [-0.2, -0.15) is 0 Å². The smallest absolute Gasteiger partial charge is 0.360 e. The van der Waals surface area contributed by atoms with Crippen LogP contribution in [0, 0.1) is 0 Å². The lowest BCUT2D eigenvalue weighted by Crippen LogP contribution is -2.15. The predicted molar refractivity (Wildman–Crippen MR) is 108 cm³/mol. The van der Waals surface area contributed by atoms with Crippen LogP contribution in [-0.4, -0.2) is 40.2 Å². The van der Waals surface area contributed by atoms with Crippen molar-refractivity contribution in [2.24, 2.45) is 0 Å². The molecule has 0 spiro atoms. The van der Waals surface area contributed by atoms with E-state index in [1.165, 1.54) is 13.4 Å². The van der Waals surface area contributed by atoms with Gasteiger partial charge in [-0.3, -0.25) is 0 Å². The molecule has 1 atom stereocenters. The standard InChI is InChI=1S/C22H20N4O4/c1-28-17-10-8-16(9-11-17)18-13-26(25-24-18)20(12-15-6-4-3-5-7-15)21-23-19(14-30-21)22(27)29-2/h3-11,13-14,20H,12H2,1-2H3/t20-/m0/s1. The molecule has 2 aromatic carbocycles. The Bertz CT molecular complexity index is 1120. The molecule has 0 aliphatic heterocycles. The van der Waals surface area contributed by atoms with E-state index in [2.05, 4.69) is 15.3 Å². The van der Waals surface area contributed by atoms with E-state index >= 15 is 0 Å². The maximum absolute atomic E-state index is 11.8. The quantitative estimate of drug-likeness (QED) is 0.435. The number of rotatable bonds is 7. The Morgan fingerprint density at radius 1 is 1.10 bits per heavy atom. The van der Waals surface area contributed by atoms with Gasteiger partial charge in [0.2, 0.25) is 5.89 Å². The summed E-state index contributed by atoms with van der Waals surface area (Å²) in [7, 11) is 2.93. The molecule has 4 rings (SSSR count). The van der Waals surface area contributed by atoms with E-state index < -0.39 is 5.97 Å². The van der Waals surface area contributed by atoms with Gasteiger partial charge in [-0.15, -0.1) is 5.10 Å². The van der Waals surface area contributed by atoms with E-state index in [-0.39, 0.29) is 11.7 Å². The first kappa shape index (κ1) is 19.4. The SMILES string of the molecule is COC(=O)c1coc([C@H](Cc2ccccc2)n2cc(-c3ccc(OC)cc3)nn2)n1. The molecule has 2 aromatic heterocycles. The van der Waals surface area contributed by atoms with Crippen LogP contribution in [0.3, 0.4) is 0 Å². The molecular weight excluding hydrogens is 384 g/mol. The van der Waals surface area contributed by atoms with Gasteiger partial charge in [0.05, 0.1) is 20.4 Å². The molecular formula is C22H20N4O4. The highest BCUT2D eigenvalue weighted by atomic mass is 16.5. The zero-order chi connectivity index (χ0) is 20.9. The molecule has 2 heterocycles. The van der Waals surface area contributed by atoms with Crippen LogP contribution in [0.15, 0.2) is 71.5 Å². The van der Waals surface area contributed by atoms with E-state index in [1.54, 1.807) is 11.8 Å². The number of carbonyl (C=O) groups is 1. The van der Waals surface area contributed by atoms with Crippen LogP contribution in [0.1, 0.15) is 28.0 Å². The van der Waals surface area contributed by atoms with Crippen molar-refractivity contribution in [1.82, 2.24) is 20.0 Å². The number of hydrogen-bond donors (Lipinski definition) is 0. The zero-order valence-corrected chi connectivity index (χ0v) is 16.6. The molecule has 30 heavy (non-hydrogen) atoms. The summed E-state index contributed by atoms with van der Waals surface area (Å²) >= 11 is 0. The second-order valence-electron chi connectivity index (χ2n) is 6.58. The Morgan fingerprint density at radius 2 is 1.87 bits per heavy atom. The number of benzene rings is 2. The maximum Gasteiger partial charge on any atom is 0.360 e. The summed E-state index contributed by atoms with van der Waals surface area (Å²) in [5.41, 5.74) is 2.79. The van der Waals surface area contributed by atoms with E-state index in [9.17, 15) is 4.79 Å². The first-order valence-corrected chi connectivity index (χ1v) is 9.32. The Hall–Kier alpha value is -3.94. The molecule has 0 N–H and O–H groups in total. The molecule has 0 bridgehead atoms. The monoisotopic (exact) mass is 404 g/mol. The number of esters is 1. The van der Waals surface area contributed by atoms with Crippen molar-refractivity contribution in [2.75, 3.05) is 14.2 Å². The highest BCUT2D eigenvalue weighted by molar-refractivity contribution is 5.86. The van der Waals surface area contributed by atoms with Gasteiger partial charge < -0.3 is 13.9 Å². The zero-order valence-electron chi connectivity index (χ0n) is 16.6. The van der Waals surface area contributed by atoms with Gasteiger partial charge in [0.25, 0.3) is 0 Å². The molecule has 0 aliphatic rings. The van der Waals surface area contributed by atoms with Crippen LogP contribution in [0.25, 0.3) is 11.3 Å². The normalized spacial score (nSPS) is 11.8. The number of oxazole rings is 1. The minimum atomic E-state index is -0.555. The van der Waals surface area contributed by atoms with E-state index in [1.807, 2.05) is 60.8 Å². The topological polar surface area (TPSA) is 92.3 Å². The number of carbonyl (C=O) groups excluding carboxylic acids is 1. The third-order valence-electron chi connectivity index (χ3n) is 4.69. The summed E-state index contributed by atoms with van der Waals surface area (Å²) in [5.74, 6) is 0.564. The van der Waals surface area contributed by atoms with Gasteiger partial charge in [-0.25, -0.2) is 14.5 Å². The number of nitrogens with zero attached hydrogens (tertiary/aromatic N) is 4. The summed E-state index contributed by atoms with van der Waals surface area (Å²) < 4.78 is 17.2. The van der Waals surface area contributed by atoms with Crippen molar-refractivity contribution in [3.8, 4) is 17.0 Å². The maximum atomic E-state index is 11.8. The lowest BCUT2D eigenvalue weighted by Gasteiger charge is -2.13. The largest absolute Gasteiger partial charge is 0.497 e. The first-order chi connectivity index (χ1) is 14.7. The van der Waals surface area contributed by atoms with Crippen LogP contribution in [0.4, 0.5) is 0 Å². The van der Waals surface area contributed by atoms with Crippen LogP contribution >= 0.6 is 0 Å². The van der Waals surface area contributed by atoms with Crippen molar-refractivity contribution in [2.45, 2.75) is 12.5 Å². The minimum Gasteiger partial charge on any atom is -0.497 e. The number of aromatic nitrogens is 4. The minimum absolute atomic E-state index is 0.112. The van der Waals surface area contributed by atoms with Crippen LogP contribution in [0.2, 0.25) is 0 Å². The Morgan fingerprint density at radius 3 is 2.57 bits per heavy atom. The molecule has 0 saturated carbocycles. The lowest BCUT2D eigenvalue weighted by atomic mass is 10.1. The molecule has 0 amide bonds. The summed E-state index contributed by atoms with van der Waals surface area (Å²) in [6.45, 7) is 0. The second-order valence-corrected chi connectivity index (χ2v) is 6.58. The van der Waals surface area contributed by atoms with E-state index in [0.29, 0.717) is 18.0 Å². The number of methoxy groups -OCH3 is 2. The number of hydrogen-bond acceptors (Lipinski definition) is 7. The molecule has 152 valence electrons. The third-order valence-corrected chi connectivity index (χ3v) is 4.69. The second kappa shape index (κ2) is 8.60. The molecule has 0 saturated heterocycles. The Labute approximate surface area is 173 Å². The van der Waals surface area contributed by atoms with Crippen LogP contribution < -0.4 is 4.74 Å². The summed E-state index contributed by atoms with van der Waals surface area (Å²) in [6.07, 6.45) is 3.69. The van der Waals surface area contributed by atoms with E-state index in [0.717, 1.165) is 16.9 Å². The van der Waals surface area contributed by atoms with Gasteiger partial charge in [0.1, 0.15) is 23.7 Å². The average Bonchev–Trinajstić information content (AvgIpc) is 3.48. The van der Waals surface area contributed by atoms with Crippen molar-refractivity contribution in [1.29, 1.82) is 0 Å². The average molecular weight is 404 g/mol. The summed E-state index contributed by atoms with van der Waals surface area (Å²) in [5, 5.41) is 8.60. The predicted octanol–water partition coefficient (Wildman–Crippen LogP) is 3.56. The lowest BCUT2D eigenvalue weighted by molar-refractivity contribution is 0.0594. The first-order valence-electron chi connectivity index (χ1n) is 9.32. The molecule has 4 aromatic rings. The molecule has 0 aliphatic carbocycles. The summed E-state index contributed by atoms with van der Waals surface area (Å²) in [6, 6.07) is 17.1. The third kappa shape index (κ3) is 4.07. The fraction of sp³-hybridized carbons (Fsp3) is 0.182. The number of ether oxygens (including phenoxy) is 2. The summed E-state index contributed by atoms with van der Waals surface area (Å²) in [4.78, 5) is 16.1. The molecule has 8 nitrogen and oxygen atoms in total. The van der Waals surface area contributed by atoms with Gasteiger partial charge >= 0.3 is 5.97 Å². The van der Waals surface area contributed by atoms with E-state index in [4.69, 9.17) is 13.9 Å². The molecule has 0 unspecified atom stereocenters. The highest BCUT2D eigenvalue weighted by Crippen LogP contribution is 2.26. The van der Waals surface area contributed by atoms with Crippen molar-refractivity contribution in [3.63, 3.8) is 0 Å². The van der Waals surface area contributed by atoms with Gasteiger partial charge in [0, 0.05) is 12.0 Å². The van der Waals surface area contributed by atoms with Gasteiger partial charge in [-0.05, 0) is 29.8 Å². The molecule has 0 fully saturated rings. The Kier molecular flexibility index (Phi) is 5.56. The Balaban J connectivity index is 1.68. The highest BCUT2D eigenvalue weighted by Gasteiger charge is 2.24. The molecule has 0 radical (unpaired) electrons. The van der Waals surface area contributed by atoms with Crippen molar-refractivity contribution in [3.05, 3.63) is 84.2 Å². The fourth-order valence-electron chi connectivity index (χ4n) is 3.09. The fourth-order valence-corrected chi connectivity index (χ4v) is 3.09. The van der Waals surface area contributed by atoms with Crippen molar-refractivity contribution >= 4 is 5.97 Å². The van der Waals surface area contributed by atoms with Crippen LogP contribution in [0.5, 0.6) is 5.75 Å².